The molecular weight excluding hydrogens is 247 g/mol. The van der Waals surface area contributed by atoms with Gasteiger partial charge in [-0.3, -0.25) is 0 Å². The molecule has 0 aliphatic carbocycles. The Bertz CT molecular complexity index is 364. The third-order valence-corrected chi connectivity index (χ3v) is 1.98. The number of hydrogen-bond donors (Lipinski definition) is 2. The number of carbonyl (C=O) groups is 1. The Balaban J connectivity index is 0.000000494. The number of carboxylic acids is 1. The highest BCUT2D eigenvalue weighted by molar-refractivity contribution is 5.77. The van der Waals surface area contributed by atoms with E-state index in [2.05, 4.69) is 19.2 Å². The molecule has 0 heterocycles. The van der Waals surface area contributed by atoms with E-state index in [9.17, 15) is 18.0 Å². The van der Waals surface area contributed by atoms with Gasteiger partial charge in [-0.15, -0.1) is 0 Å². The first kappa shape index (κ1) is 16.4. The molecule has 1 aromatic rings. The maximum atomic E-state index is 12.7. The molecule has 0 fully saturated rings. The van der Waals surface area contributed by atoms with Crippen molar-refractivity contribution in [2.24, 2.45) is 0 Å². The van der Waals surface area contributed by atoms with Crippen LogP contribution in [-0.4, -0.2) is 24.2 Å². The number of rotatable bonds is 4. The number of hydrogen-bond acceptors (Lipinski definition) is 2. The molecule has 6 heteroatoms. The molecule has 1 rings (SSSR count). The van der Waals surface area contributed by atoms with Crippen LogP contribution in [0.4, 0.5) is 13.2 Å². The lowest BCUT2D eigenvalue weighted by molar-refractivity contribution is -0.166. The molecule has 0 saturated carbocycles. The molecule has 0 amide bonds. The van der Waals surface area contributed by atoms with Crippen molar-refractivity contribution in [2.45, 2.75) is 19.8 Å². The molecule has 0 unspecified atom stereocenters. The molecule has 0 aliphatic rings. The third-order valence-electron chi connectivity index (χ3n) is 1.98. The van der Waals surface area contributed by atoms with Crippen LogP contribution in [0.25, 0.3) is 0 Å². The lowest BCUT2D eigenvalue weighted by atomic mass is 10.1. The summed E-state index contributed by atoms with van der Waals surface area (Å²) >= 11 is 0. The van der Waals surface area contributed by atoms with Crippen LogP contribution in [0.2, 0.25) is 0 Å². The van der Waals surface area contributed by atoms with Crippen LogP contribution >= 0.6 is 0 Å². The predicted octanol–water partition coefficient (Wildman–Crippen LogP) is 2.62. The topological polar surface area (TPSA) is 49.3 Å². The van der Waals surface area contributed by atoms with Crippen molar-refractivity contribution in [3.05, 3.63) is 35.6 Å². The average Bonchev–Trinajstić information content (AvgIpc) is 2.31. The maximum absolute atomic E-state index is 12.7. The summed E-state index contributed by atoms with van der Waals surface area (Å²) in [5, 5.41) is 11.2. The molecule has 0 radical (unpaired) electrons. The van der Waals surface area contributed by atoms with Gasteiger partial charge in [-0.25, -0.2) is 9.18 Å². The van der Waals surface area contributed by atoms with E-state index in [0.29, 0.717) is 0 Å². The molecule has 0 bridgehead atoms. The predicted molar refractivity (Wildman–Crippen MR) is 62.1 cm³/mol. The molecule has 0 saturated heterocycles. The molecule has 0 aliphatic heterocycles. The summed E-state index contributed by atoms with van der Waals surface area (Å²) in [5.74, 6) is -6.91. The van der Waals surface area contributed by atoms with E-state index in [0.717, 1.165) is 37.4 Å². The molecule has 18 heavy (non-hydrogen) atoms. The van der Waals surface area contributed by atoms with Gasteiger partial charge in [0.2, 0.25) is 0 Å². The van der Waals surface area contributed by atoms with Gasteiger partial charge in [0.25, 0.3) is 0 Å². The van der Waals surface area contributed by atoms with Crippen molar-refractivity contribution < 1.29 is 23.1 Å². The fraction of sp³-hybridized carbons (Fsp3) is 0.417. The van der Waals surface area contributed by atoms with Gasteiger partial charge in [-0.05, 0) is 37.4 Å². The zero-order valence-electron chi connectivity index (χ0n) is 10.2. The molecule has 0 aromatic heterocycles. The van der Waals surface area contributed by atoms with E-state index in [1.165, 1.54) is 0 Å². The number of benzene rings is 1. The smallest absolute Gasteiger partial charge is 0.379 e. The average molecular weight is 263 g/mol. The van der Waals surface area contributed by atoms with Gasteiger partial charge in [0.1, 0.15) is 5.82 Å². The minimum atomic E-state index is -3.96. The van der Waals surface area contributed by atoms with Gasteiger partial charge in [-0.2, -0.15) is 8.78 Å². The van der Waals surface area contributed by atoms with Crippen molar-refractivity contribution in [3.8, 4) is 0 Å². The monoisotopic (exact) mass is 263 g/mol. The summed E-state index contributed by atoms with van der Waals surface area (Å²) < 4.78 is 37.7. The van der Waals surface area contributed by atoms with Crippen LogP contribution in [0.15, 0.2) is 24.3 Å². The van der Waals surface area contributed by atoms with E-state index in [-0.39, 0.29) is 0 Å². The standard InChI is InChI=1S/C8H5F3O2.C4H11N/c9-6-3-1-5(2-4-6)8(10,11)7(12)13;1-3-5-4-2/h1-4H,(H,12,13);5H,3-4H2,1-2H3. The third kappa shape index (κ3) is 5.18. The second kappa shape index (κ2) is 7.71. The summed E-state index contributed by atoms with van der Waals surface area (Å²) in [7, 11) is 0. The highest BCUT2D eigenvalue weighted by Crippen LogP contribution is 2.27. The summed E-state index contributed by atoms with van der Waals surface area (Å²) in [4.78, 5) is 10.1. The Labute approximate surface area is 104 Å². The fourth-order valence-corrected chi connectivity index (χ4v) is 1.03. The summed E-state index contributed by atoms with van der Waals surface area (Å²) in [6.45, 7) is 6.39. The number of halogens is 3. The molecule has 0 atom stereocenters. The number of carboxylic acid groups (broad SMARTS) is 1. The van der Waals surface area contributed by atoms with Gasteiger partial charge in [-0.1, -0.05) is 13.8 Å². The van der Waals surface area contributed by atoms with Crippen LogP contribution in [0.3, 0.4) is 0 Å². The van der Waals surface area contributed by atoms with Crippen LogP contribution in [0.5, 0.6) is 0 Å². The molecule has 102 valence electrons. The van der Waals surface area contributed by atoms with Crippen molar-refractivity contribution >= 4 is 5.97 Å². The lowest BCUT2D eigenvalue weighted by Gasteiger charge is -2.10. The minimum absolute atomic E-state index is 0.690. The van der Waals surface area contributed by atoms with Crippen LogP contribution < -0.4 is 5.32 Å². The molecule has 1 aromatic carbocycles. The Morgan fingerprint density at radius 3 is 1.94 bits per heavy atom. The fourth-order valence-electron chi connectivity index (χ4n) is 1.03. The minimum Gasteiger partial charge on any atom is -0.477 e. The number of alkyl halides is 2. The SMILES string of the molecule is CCNCC.O=C(O)C(F)(F)c1ccc(F)cc1. The summed E-state index contributed by atoms with van der Waals surface area (Å²) in [5.41, 5.74) is -0.735. The van der Waals surface area contributed by atoms with Crippen LogP contribution in [0.1, 0.15) is 19.4 Å². The number of aliphatic carboxylic acids is 1. The van der Waals surface area contributed by atoms with E-state index < -0.39 is 23.3 Å². The number of nitrogens with one attached hydrogen (secondary N) is 1. The Hall–Kier alpha value is -1.56. The highest BCUT2D eigenvalue weighted by Gasteiger charge is 2.40. The van der Waals surface area contributed by atoms with E-state index in [1.807, 2.05) is 0 Å². The largest absolute Gasteiger partial charge is 0.477 e. The second-order valence-corrected chi connectivity index (χ2v) is 3.34. The Kier molecular flexibility index (Phi) is 7.04. The zero-order valence-corrected chi connectivity index (χ0v) is 10.2. The van der Waals surface area contributed by atoms with Crippen LogP contribution in [-0.2, 0) is 10.7 Å². The normalized spacial score (nSPS) is 10.5. The van der Waals surface area contributed by atoms with Gasteiger partial charge >= 0.3 is 11.9 Å². The van der Waals surface area contributed by atoms with Crippen molar-refractivity contribution in [1.82, 2.24) is 5.32 Å². The van der Waals surface area contributed by atoms with Gasteiger partial charge < -0.3 is 10.4 Å². The summed E-state index contributed by atoms with van der Waals surface area (Å²) in [6.07, 6.45) is 0. The highest BCUT2D eigenvalue weighted by atomic mass is 19.3. The van der Waals surface area contributed by atoms with Crippen LogP contribution in [0, 0.1) is 5.82 Å². The second-order valence-electron chi connectivity index (χ2n) is 3.34. The zero-order chi connectivity index (χ0) is 14.2. The first-order valence-electron chi connectivity index (χ1n) is 5.44. The van der Waals surface area contributed by atoms with Crippen molar-refractivity contribution in [1.29, 1.82) is 0 Å². The first-order chi connectivity index (χ1) is 8.36. The van der Waals surface area contributed by atoms with Gasteiger partial charge in [0.15, 0.2) is 0 Å². The molecule has 0 spiro atoms. The van der Waals surface area contributed by atoms with Gasteiger partial charge in [0, 0.05) is 5.56 Å². The van der Waals surface area contributed by atoms with Gasteiger partial charge in [0.05, 0.1) is 0 Å². The maximum Gasteiger partial charge on any atom is 0.379 e. The quantitative estimate of drug-likeness (QED) is 0.878. The van der Waals surface area contributed by atoms with E-state index in [4.69, 9.17) is 5.11 Å². The van der Waals surface area contributed by atoms with Crippen molar-refractivity contribution in [2.75, 3.05) is 13.1 Å². The lowest BCUT2D eigenvalue weighted by Crippen LogP contribution is -2.25. The summed E-state index contributed by atoms with van der Waals surface area (Å²) in [6, 6.07) is 3.05. The molecule has 3 nitrogen and oxygen atoms in total. The Morgan fingerprint density at radius 2 is 1.67 bits per heavy atom. The first-order valence-corrected chi connectivity index (χ1v) is 5.44. The van der Waals surface area contributed by atoms with Crippen molar-refractivity contribution in [3.63, 3.8) is 0 Å². The molecule has 2 N–H and O–H groups in total. The van der Waals surface area contributed by atoms with E-state index in [1.54, 1.807) is 0 Å². The Morgan fingerprint density at radius 1 is 1.22 bits per heavy atom. The van der Waals surface area contributed by atoms with E-state index >= 15 is 0 Å². The molecular formula is C12H16F3NO2.